The number of nitrogens with one attached hydrogen (secondary N) is 1. The first-order chi connectivity index (χ1) is 9.56. The van der Waals surface area contributed by atoms with E-state index in [1.807, 2.05) is 24.3 Å². The molecule has 1 fully saturated rings. The summed E-state index contributed by atoms with van der Waals surface area (Å²) in [6, 6.07) is 8.22. The Balaban J connectivity index is 1.85. The molecule has 1 aromatic rings. The van der Waals surface area contributed by atoms with Gasteiger partial charge in [0.05, 0.1) is 0 Å². The third kappa shape index (κ3) is 4.07. The molecule has 2 atom stereocenters. The van der Waals surface area contributed by atoms with Crippen molar-refractivity contribution in [3.8, 4) is 0 Å². The number of amides is 1. The number of benzene rings is 1. The Morgan fingerprint density at radius 2 is 2.00 bits per heavy atom. The highest BCUT2D eigenvalue weighted by atomic mass is 16.1. The molecule has 1 aromatic carbocycles. The second-order valence-electron chi connectivity index (χ2n) is 6.28. The summed E-state index contributed by atoms with van der Waals surface area (Å²) in [6.45, 7) is 5.06. The Hall–Kier alpha value is -1.35. The molecular weight excluding hydrogens is 248 g/mol. The molecule has 0 radical (unpaired) electrons. The summed E-state index contributed by atoms with van der Waals surface area (Å²) < 4.78 is 0. The van der Waals surface area contributed by atoms with Gasteiger partial charge in [0, 0.05) is 18.2 Å². The molecule has 0 aromatic heterocycles. The van der Waals surface area contributed by atoms with E-state index in [0.717, 1.165) is 24.9 Å². The normalized spacial score (nSPS) is 22.8. The van der Waals surface area contributed by atoms with Gasteiger partial charge in [0.1, 0.15) is 0 Å². The van der Waals surface area contributed by atoms with Crippen LogP contribution in [0.1, 0.15) is 61.4 Å². The topological polar surface area (TPSA) is 55.1 Å². The molecule has 3 nitrogen and oxygen atoms in total. The maximum atomic E-state index is 12.1. The quantitative estimate of drug-likeness (QED) is 0.886. The van der Waals surface area contributed by atoms with Crippen molar-refractivity contribution in [2.75, 3.05) is 6.54 Å². The van der Waals surface area contributed by atoms with Crippen LogP contribution in [0.15, 0.2) is 24.3 Å². The van der Waals surface area contributed by atoms with E-state index >= 15 is 0 Å². The molecule has 2 unspecified atom stereocenters. The molecule has 20 heavy (non-hydrogen) atoms. The highest BCUT2D eigenvalue weighted by Crippen LogP contribution is 2.22. The Morgan fingerprint density at radius 1 is 1.30 bits per heavy atom. The first-order valence-electron chi connectivity index (χ1n) is 7.70. The van der Waals surface area contributed by atoms with Crippen LogP contribution in [-0.2, 0) is 0 Å². The maximum Gasteiger partial charge on any atom is 0.251 e. The van der Waals surface area contributed by atoms with Crippen molar-refractivity contribution in [3.05, 3.63) is 35.4 Å². The van der Waals surface area contributed by atoms with Gasteiger partial charge in [-0.1, -0.05) is 32.4 Å². The third-order valence-corrected chi connectivity index (χ3v) is 4.21. The molecule has 1 aliphatic carbocycles. The smallest absolute Gasteiger partial charge is 0.251 e. The van der Waals surface area contributed by atoms with Crippen molar-refractivity contribution in [2.45, 2.75) is 51.5 Å². The van der Waals surface area contributed by atoms with Gasteiger partial charge in [-0.05, 0) is 48.8 Å². The van der Waals surface area contributed by atoms with Crippen LogP contribution in [0.2, 0.25) is 0 Å². The van der Waals surface area contributed by atoms with E-state index in [-0.39, 0.29) is 5.91 Å². The number of carbonyl (C=O) groups excluding carboxylic acids is 1. The lowest BCUT2D eigenvalue weighted by atomic mass is 9.86. The van der Waals surface area contributed by atoms with E-state index < -0.39 is 0 Å². The Kier molecular flexibility index (Phi) is 5.18. The Labute approximate surface area is 121 Å². The molecule has 3 heteroatoms. The summed E-state index contributed by atoms with van der Waals surface area (Å²) in [5.41, 5.74) is 7.98. The van der Waals surface area contributed by atoms with E-state index in [9.17, 15) is 4.79 Å². The lowest BCUT2D eigenvalue weighted by Gasteiger charge is -2.26. The SMILES string of the molecule is CC(C)c1ccc(C(=O)NCC2CCCC(N)C2)cc1. The monoisotopic (exact) mass is 274 g/mol. The third-order valence-electron chi connectivity index (χ3n) is 4.21. The van der Waals surface area contributed by atoms with Gasteiger partial charge < -0.3 is 11.1 Å². The number of nitrogens with two attached hydrogens (primary N) is 1. The van der Waals surface area contributed by atoms with Gasteiger partial charge in [-0.15, -0.1) is 0 Å². The number of carbonyl (C=O) groups is 1. The molecule has 0 aliphatic heterocycles. The van der Waals surface area contributed by atoms with E-state index in [1.54, 1.807) is 0 Å². The number of hydrogen-bond donors (Lipinski definition) is 2. The van der Waals surface area contributed by atoms with Crippen molar-refractivity contribution >= 4 is 5.91 Å². The van der Waals surface area contributed by atoms with Gasteiger partial charge in [-0.3, -0.25) is 4.79 Å². The predicted octanol–water partition coefficient (Wildman–Crippen LogP) is 3.06. The molecule has 0 spiro atoms. The van der Waals surface area contributed by atoms with Crippen LogP contribution in [0.25, 0.3) is 0 Å². The maximum absolute atomic E-state index is 12.1. The minimum atomic E-state index is 0.0273. The first-order valence-corrected chi connectivity index (χ1v) is 7.70. The summed E-state index contributed by atoms with van der Waals surface area (Å²) in [7, 11) is 0. The van der Waals surface area contributed by atoms with Gasteiger partial charge >= 0.3 is 0 Å². The number of hydrogen-bond acceptors (Lipinski definition) is 2. The first kappa shape index (κ1) is 15.0. The second kappa shape index (κ2) is 6.89. The second-order valence-corrected chi connectivity index (χ2v) is 6.28. The highest BCUT2D eigenvalue weighted by Gasteiger charge is 2.19. The fourth-order valence-corrected chi connectivity index (χ4v) is 2.88. The fourth-order valence-electron chi connectivity index (χ4n) is 2.88. The molecule has 110 valence electrons. The zero-order chi connectivity index (χ0) is 14.5. The van der Waals surface area contributed by atoms with Crippen LogP contribution >= 0.6 is 0 Å². The standard InChI is InChI=1S/C17H26N2O/c1-12(2)14-6-8-15(9-7-14)17(20)19-11-13-4-3-5-16(18)10-13/h6-9,12-13,16H,3-5,10-11,18H2,1-2H3,(H,19,20). The lowest BCUT2D eigenvalue weighted by molar-refractivity contribution is 0.0942. The van der Waals surface area contributed by atoms with Crippen LogP contribution in [0.4, 0.5) is 0 Å². The summed E-state index contributed by atoms with van der Waals surface area (Å²) >= 11 is 0. The molecule has 1 aliphatic rings. The van der Waals surface area contributed by atoms with Gasteiger partial charge in [0.2, 0.25) is 0 Å². The predicted molar refractivity (Wildman–Crippen MR) is 82.8 cm³/mol. The van der Waals surface area contributed by atoms with Crippen molar-refractivity contribution in [2.24, 2.45) is 11.7 Å². The van der Waals surface area contributed by atoms with Crippen LogP contribution < -0.4 is 11.1 Å². The Bertz CT molecular complexity index is 439. The van der Waals surface area contributed by atoms with Crippen molar-refractivity contribution in [3.63, 3.8) is 0 Å². The molecule has 0 heterocycles. The zero-order valence-electron chi connectivity index (χ0n) is 12.6. The molecule has 1 saturated carbocycles. The van der Waals surface area contributed by atoms with E-state index in [2.05, 4.69) is 19.2 Å². The van der Waals surface area contributed by atoms with Crippen molar-refractivity contribution in [1.29, 1.82) is 0 Å². The van der Waals surface area contributed by atoms with Gasteiger partial charge in [-0.25, -0.2) is 0 Å². The molecule has 2 rings (SSSR count). The van der Waals surface area contributed by atoms with Gasteiger partial charge in [0.25, 0.3) is 5.91 Å². The van der Waals surface area contributed by atoms with E-state index in [4.69, 9.17) is 5.73 Å². The van der Waals surface area contributed by atoms with Gasteiger partial charge in [0.15, 0.2) is 0 Å². The molecule has 1 amide bonds. The lowest BCUT2D eigenvalue weighted by Crippen LogP contribution is -2.35. The summed E-state index contributed by atoms with van der Waals surface area (Å²) in [5.74, 6) is 1.06. The average Bonchev–Trinajstić information content (AvgIpc) is 2.45. The van der Waals surface area contributed by atoms with Crippen LogP contribution in [0, 0.1) is 5.92 Å². The van der Waals surface area contributed by atoms with E-state index in [1.165, 1.54) is 18.4 Å². The molecular formula is C17H26N2O. The fraction of sp³-hybridized carbons (Fsp3) is 0.588. The Morgan fingerprint density at radius 3 is 2.60 bits per heavy atom. The molecule has 0 saturated heterocycles. The van der Waals surface area contributed by atoms with Crippen LogP contribution in [0.5, 0.6) is 0 Å². The highest BCUT2D eigenvalue weighted by molar-refractivity contribution is 5.94. The minimum absolute atomic E-state index is 0.0273. The van der Waals surface area contributed by atoms with Crippen molar-refractivity contribution < 1.29 is 4.79 Å². The molecule has 3 N–H and O–H groups in total. The molecule has 0 bridgehead atoms. The van der Waals surface area contributed by atoms with Crippen LogP contribution in [0.3, 0.4) is 0 Å². The minimum Gasteiger partial charge on any atom is -0.352 e. The summed E-state index contributed by atoms with van der Waals surface area (Å²) in [5, 5.41) is 3.04. The largest absolute Gasteiger partial charge is 0.352 e. The zero-order valence-corrected chi connectivity index (χ0v) is 12.6. The van der Waals surface area contributed by atoms with Gasteiger partial charge in [-0.2, -0.15) is 0 Å². The van der Waals surface area contributed by atoms with Crippen LogP contribution in [-0.4, -0.2) is 18.5 Å². The van der Waals surface area contributed by atoms with Crippen molar-refractivity contribution in [1.82, 2.24) is 5.32 Å². The van der Waals surface area contributed by atoms with E-state index in [0.29, 0.717) is 17.9 Å². The average molecular weight is 274 g/mol. The summed E-state index contributed by atoms with van der Waals surface area (Å²) in [4.78, 5) is 12.1. The summed E-state index contributed by atoms with van der Waals surface area (Å²) in [6.07, 6.45) is 4.53. The number of rotatable bonds is 4.